The number of rotatable bonds is 6. The Kier molecular flexibility index (Phi) is 5.52. The van der Waals surface area contributed by atoms with E-state index in [4.69, 9.17) is 4.74 Å². The van der Waals surface area contributed by atoms with Gasteiger partial charge in [0, 0.05) is 22.3 Å². The molecule has 0 bridgehead atoms. The van der Waals surface area contributed by atoms with Crippen LogP contribution in [0.3, 0.4) is 0 Å². The number of ether oxygens (including phenoxy) is 1. The summed E-state index contributed by atoms with van der Waals surface area (Å²) in [6.45, 7) is 11.1. The molecular weight excluding hydrogens is 224 g/mol. The summed E-state index contributed by atoms with van der Waals surface area (Å²) in [6.07, 6.45) is 3.52. The standard InChI is InChI=1S/C16H26O2/c1-6-11-13(8-3)16(18-10-5)14(9-4)12(7-2)15(11)17/h17H,6-10H2,1-5H3. The molecule has 0 aromatic heterocycles. The van der Waals surface area contributed by atoms with Crippen LogP contribution in [-0.4, -0.2) is 11.7 Å². The van der Waals surface area contributed by atoms with Gasteiger partial charge in [0.25, 0.3) is 0 Å². The Morgan fingerprint density at radius 1 is 0.722 bits per heavy atom. The minimum Gasteiger partial charge on any atom is -0.507 e. The van der Waals surface area contributed by atoms with Crippen molar-refractivity contribution in [2.75, 3.05) is 6.61 Å². The SMILES string of the molecule is CCOc1c(CC)c(CC)c(O)c(CC)c1CC. The van der Waals surface area contributed by atoms with Crippen LogP contribution >= 0.6 is 0 Å². The Morgan fingerprint density at radius 2 is 1.11 bits per heavy atom. The molecule has 0 amide bonds. The third kappa shape index (κ3) is 2.47. The van der Waals surface area contributed by atoms with Gasteiger partial charge in [-0.3, -0.25) is 0 Å². The number of phenolic OH excluding ortho intramolecular Hbond substituents is 1. The van der Waals surface area contributed by atoms with Gasteiger partial charge in [-0.05, 0) is 32.6 Å². The monoisotopic (exact) mass is 250 g/mol. The Balaban J connectivity index is 3.62. The van der Waals surface area contributed by atoms with Crippen molar-refractivity contribution in [2.45, 2.75) is 60.3 Å². The van der Waals surface area contributed by atoms with Crippen molar-refractivity contribution in [1.29, 1.82) is 0 Å². The van der Waals surface area contributed by atoms with Crippen molar-refractivity contribution in [3.05, 3.63) is 22.3 Å². The summed E-state index contributed by atoms with van der Waals surface area (Å²) < 4.78 is 5.88. The Hall–Kier alpha value is -1.18. The highest BCUT2D eigenvalue weighted by Crippen LogP contribution is 2.39. The summed E-state index contributed by atoms with van der Waals surface area (Å²) in [7, 11) is 0. The quantitative estimate of drug-likeness (QED) is 0.825. The largest absolute Gasteiger partial charge is 0.507 e. The van der Waals surface area contributed by atoms with Gasteiger partial charge in [-0.1, -0.05) is 27.7 Å². The minimum absolute atomic E-state index is 0.497. The molecule has 0 saturated carbocycles. The smallest absolute Gasteiger partial charge is 0.126 e. The maximum atomic E-state index is 10.4. The van der Waals surface area contributed by atoms with Gasteiger partial charge in [0.05, 0.1) is 6.61 Å². The fourth-order valence-electron chi connectivity index (χ4n) is 2.75. The van der Waals surface area contributed by atoms with Gasteiger partial charge in [-0.2, -0.15) is 0 Å². The zero-order chi connectivity index (χ0) is 13.7. The van der Waals surface area contributed by atoms with Crippen LogP contribution in [0.25, 0.3) is 0 Å². The van der Waals surface area contributed by atoms with Crippen molar-refractivity contribution < 1.29 is 9.84 Å². The molecule has 0 unspecified atom stereocenters. The van der Waals surface area contributed by atoms with Crippen LogP contribution in [0.4, 0.5) is 0 Å². The van der Waals surface area contributed by atoms with Crippen LogP contribution in [-0.2, 0) is 25.7 Å². The lowest BCUT2D eigenvalue weighted by Crippen LogP contribution is -2.07. The van der Waals surface area contributed by atoms with Gasteiger partial charge in [0.2, 0.25) is 0 Å². The van der Waals surface area contributed by atoms with Crippen LogP contribution in [0.2, 0.25) is 0 Å². The predicted molar refractivity (Wildman–Crippen MR) is 76.8 cm³/mol. The third-order valence-electron chi connectivity index (χ3n) is 3.55. The number of hydrogen-bond donors (Lipinski definition) is 1. The lowest BCUT2D eigenvalue weighted by atomic mass is 9.90. The second kappa shape index (κ2) is 6.67. The highest BCUT2D eigenvalue weighted by molar-refractivity contribution is 5.59. The maximum absolute atomic E-state index is 10.4. The molecule has 1 rings (SSSR count). The molecule has 0 saturated heterocycles. The molecule has 102 valence electrons. The predicted octanol–water partition coefficient (Wildman–Crippen LogP) is 4.04. The molecular formula is C16H26O2. The van der Waals surface area contributed by atoms with Crippen LogP contribution in [0.5, 0.6) is 11.5 Å². The third-order valence-corrected chi connectivity index (χ3v) is 3.55. The summed E-state index contributed by atoms with van der Waals surface area (Å²) in [4.78, 5) is 0. The van der Waals surface area contributed by atoms with Crippen molar-refractivity contribution in [3.8, 4) is 11.5 Å². The highest BCUT2D eigenvalue weighted by atomic mass is 16.5. The molecule has 0 heterocycles. The first kappa shape index (κ1) is 14.9. The maximum Gasteiger partial charge on any atom is 0.126 e. The molecule has 0 aliphatic carbocycles. The van der Waals surface area contributed by atoms with E-state index in [0.29, 0.717) is 12.4 Å². The molecule has 18 heavy (non-hydrogen) atoms. The van der Waals surface area contributed by atoms with Gasteiger partial charge >= 0.3 is 0 Å². The zero-order valence-corrected chi connectivity index (χ0v) is 12.4. The second-order valence-electron chi connectivity index (χ2n) is 4.44. The molecule has 1 aromatic rings. The fourth-order valence-corrected chi connectivity index (χ4v) is 2.75. The van der Waals surface area contributed by atoms with E-state index in [1.807, 2.05) is 6.92 Å². The lowest BCUT2D eigenvalue weighted by Gasteiger charge is -2.22. The Morgan fingerprint density at radius 3 is 1.39 bits per heavy atom. The van der Waals surface area contributed by atoms with Gasteiger partial charge < -0.3 is 9.84 Å². The molecule has 0 aliphatic rings. The van der Waals surface area contributed by atoms with E-state index in [9.17, 15) is 5.11 Å². The molecule has 1 aromatic carbocycles. The summed E-state index contributed by atoms with van der Waals surface area (Å²) in [5, 5.41) is 10.4. The van der Waals surface area contributed by atoms with Gasteiger partial charge in [0.15, 0.2) is 0 Å². The van der Waals surface area contributed by atoms with Crippen LogP contribution in [0.15, 0.2) is 0 Å². The average Bonchev–Trinajstić information content (AvgIpc) is 2.39. The van der Waals surface area contributed by atoms with Gasteiger partial charge in [0.1, 0.15) is 11.5 Å². The lowest BCUT2D eigenvalue weighted by molar-refractivity contribution is 0.330. The number of aromatic hydroxyl groups is 1. The van der Waals surface area contributed by atoms with E-state index >= 15 is 0 Å². The van der Waals surface area contributed by atoms with Gasteiger partial charge in [-0.25, -0.2) is 0 Å². The van der Waals surface area contributed by atoms with E-state index in [2.05, 4.69) is 27.7 Å². The first-order valence-corrected chi connectivity index (χ1v) is 7.17. The second-order valence-corrected chi connectivity index (χ2v) is 4.44. The van der Waals surface area contributed by atoms with E-state index in [0.717, 1.165) is 42.6 Å². The van der Waals surface area contributed by atoms with Crippen molar-refractivity contribution >= 4 is 0 Å². The molecule has 0 spiro atoms. The molecule has 0 fully saturated rings. The normalized spacial score (nSPS) is 10.7. The van der Waals surface area contributed by atoms with E-state index in [-0.39, 0.29) is 0 Å². The minimum atomic E-state index is 0.497. The molecule has 1 N–H and O–H groups in total. The molecule has 0 atom stereocenters. The van der Waals surface area contributed by atoms with Crippen molar-refractivity contribution in [3.63, 3.8) is 0 Å². The zero-order valence-electron chi connectivity index (χ0n) is 12.4. The number of phenols is 1. The summed E-state index contributed by atoms with van der Waals surface area (Å²) in [5.41, 5.74) is 4.50. The van der Waals surface area contributed by atoms with E-state index in [1.165, 1.54) is 11.1 Å². The highest BCUT2D eigenvalue weighted by Gasteiger charge is 2.20. The van der Waals surface area contributed by atoms with Crippen LogP contribution < -0.4 is 4.74 Å². The van der Waals surface area contributed by atoms with Crippen LogP contribution in [0, 0.1) is 0 Å². The first-order chi connectivity index (χ1) is 8.65. The van der Waals surface area contributed by atoms with E-state index in [1.54, 1.807) is 0 Å². The van der Waals surface area contributed by atoms with Crippen molar-refractivity contribution in [2.24, 2.45) is 0 Å². The molecule has 0 aliphatic heterocycles. The topological polar surface area (TPSA) is 29.5 Å². The molecule has 0 radical (unpaired) electrons. The average molecular weight is 250 g/mol. The summed E-state index contributed by atoms with van der Waals surface area (Å²) >= 11 is 0. The van der Waals surface area contributed by atoms with Gasteiger partial charge in [-0.15, -0.1) is 0 Å². The fraction of sp³-hybridized carbons (Fsp3) is 0.625. The first-order valence-electron chi connectivity index (χ1n) is 7.17. The number of hydrogen-bond acceptors (Lipinski definition) is 2. The molecule has 2 heteroatoms. The molecule has 2 nitrogen and oxygen atoms in total. The number of benzene rings is 1. The Bertz CT molecular complexity index is 375. The van der Waals surface area contributed by atoms with Crippen LogP contribution in [0.1, 0.15) is 56.9 Å². The van der Waals surface area contributed by atoms with Crippen molar-refractivity contribution in [1.82, 2.24) is 0 Å². The summed E-state index contributed by atoms with van der Waals surface area (Å²) in [5.74, 6) is 1.52. The Labute approximate surface area is 111 Å². The van der Waals surface area contributed by atoms with E-state index < -0.39 is 0 Å². The summed E-state index contributed by atoms with van der Waals surface area (Å²) in [6, 6.07) is 0.